The van der Waals surface area contributed by atoms with Gasteiger partial charge in [0.05, 0.1) is 19.1 Å². The van der Waals surface area contributed by atoms with Crippen LogP contribution in [0.1, 0.15) is 24.0 Å². The topological polar surface area (TPSA) is 82.6 Å². The van der Waals surface area contributed by atoms with Crippen molar-refractivity contribution in [1.82, 2.24) is 9.88 Å². The van der Waals surface area contributed by atoms with Crippen molar-refractivity contribution in [3.8, 4) is 0 Å². The van der Waals surface area contributed by atoms with E-state index in [0.29, 0.717) is 32.5 Å². The predicted molar refractivity (Wildman–Crippen MR) is 89.9 cm³/mol. The van der Waals surface area contributed by atoms with Crippen molar-refractivity contribution in [2.45, 2.75) is 32.3 Å². The minimum Gasteiger partial charge on any atom is -0.481 e. The molecule has 128 valence electrons. The summed E-state index contributed by atoms with van der Waals surface area (Å²) in [5.41, 5.74) is 3.44. The normalized spacial score (nSPS) is 18.0. The first kappa shape index (κ1) is 16.5. The Morgan fingerprint density at radius 3 is 3.04 bits per heavy atom. The molecule has 0 aliphatic carbocycles. The minimum absolute atomic E-state index is 0.0516. The van der Waals surface area contributed by atoms with E-state index in [4.69, 9.17) is 9.84 Å². The molecule has 1 amide bonds. The second kappa shape index (κ2) is 7.05. The zero-order chi connectivity index (χ0) is 17.1. The summed E-state index contributed by atoms with van der Waals surface area (Å²) in [6, 6.07) is 6.15. The first-order valence-corrected chi connectivity index (χ1v) is 8.21. The van der Waals surface area contributed by atoms with E-state index in [0.717, 1.165) is 16.5 Å². The van der Waals surface area contributed by atoms with Crippen LogP contribution in [0, 0.1) is 6.92 Å². The van der Waals surface area contributed by atoms with E-state index in [2.05, 4.69) is 24.0 Å². The zero-order valence-electron chi connectivity index (χ0n) is 13.7. The van der Waals surface area contributed by atoms with Crippen molar-refractivity contribution in [3.05, 3.63) is 35.5 Å². The van der Waals surface area contributed by atoms with E-state index >= 15 is 0 Å². The third kappa shape index (κ3) is 3.59. The molecule has 6 nitrogen and oxygen atoms in total. The molecule has 24 heavy (non-hydrogen) atoms. The Morgan fingerprint density at radius 1 is 1.42 bits per heavy atom. The molecule has 6 heteroatoms. The van der Waals surface area contributed by atoms with Crippen LogP contribution in [-0.2, 0) is 20.7 Å². The minimum atomic E-state index is -0.900. The van der Waals surface area contributed by atoms with Gasteiger partial charge in [0.15, 0.2) is 0 Å². The zero-order valence-corrected chi connectivity index (χ0v) is 13.7. The second-order valence-corrected chi connectivity index (χ2v) is 6.24. The van der Waals surface area contributed by atoms with Gasteiger partial charge in [-0.3, -0.25) is 9.59 Å². The van der Waals surface area contributed by atoms with E-state index in [9.17, 15) is 9.59 Å². The third-order valence-electron chi connectivity index (χ3n) is 4.51. The lowest BCUT2D eigenvalue weighted by Gasteiger charge is -2.32. The van der Waals surface area contributed by atoms with Crippen LogP contribution >= 0.6 is 0 Å². The van der Waals surface area contributed by atoms with Crippen LogP contribution in [0.25, 0.3) is 10.9 Å². The van der Waals surface area contributed by atoms with Crippen LogP contribution in [0.5, 0.6) is 0 Å². The van der Waals surface area contributed by atoms with Gasteiger partial charge in [-0.2, -0.15) is 0 Å². The number of hydrogen-bond donors (Lipinski definition) is 2. The van der Waals surface area contributed by atoms with Gasteiger partial charge in [0.25, 0.3) is 0 Å². The molecule has 2 aromatic rings. The second-order valence-electron chi connectivity index (χ2n) is 6.24. The molecule has 0 saturated carbocycles. The van der Waals surface area contributed by atoms with Gasteiger partial charge in [-0.15, -0.1) is 0 Å². The molecule has 0 bridgehead atoms. The number of rotatable bonds is 5. The summed E-state index contributed by atoms with van der Waals surface area (Å²) in [6.45, 7) is 3.35. The number of amides is 1. The molecular weight excluding hydrogens is 308 g/mol. The first-order valence-electron chi connectivity index (χ1n) is 8.21. The Balaban J connectivity index is 1.60. The lowest BCUT2D eigenvalue weighted by atomic mass is 10.1. The van der Waals surface area contributed by atoms with Crippen molar-refractivity contribution in [2.24, 2.45) is 0 Å². The summed E-state index contributed by atoms with van der Waals surface area (Å²) >= 11 is 0. The SMILES string of the molecule is Cc1cccc2c(CCC(=O)N3CCOC(CC(=O)O)C3)c[nH]c12. The van der Waals surface area contributed by atoms with Gasteiger partial charge in [0.1, 0.15) is 0 Å². The number of ether oxygens (including phenoxy) is 1. The Labute approximate surface area is 140 Å². The first-order chi connectivity index (χ1) is 11.5. The summed E-state index contributed by atoms with van der Waals surface area (Å²) in [5.74, 6) is -0.848. The molecular formula is C18H22N2O4. The predicted octanol–water partition coefficient (Wildman–Crippen LogP) is 2.11. The number of para-hydroxylation sites is 1. The number of hydrogen-bond acceptors (Lipinski definition) is 3. The van der Waals surface area contributed by atoms with E-state index in [1.165, 1.54) is 5.56 Å². The molecule has 1 aromatic heterocycles. The van der Waals surface area contributed by atoms with Crippen molar-refractivity contribution in [2.75, 3.05) is 19.7 Å². The summed E-state index contributed by atoms with van der Waals surface area (Å²) in [5, 5.41) is 10.0. The molecule has 3 rings (SSSR count). The molecule has 1 aliphatic heterocycles. The van der Waals surface area contributed by atoms with Gasteiger partial charge in [-0.1, -0.05) is 18.2 Å². The number of H-pyrrole nitrogens is 1. The van der Waals surface area contributed by atoms with Gasteiger partial charge >= 0.3 is 5.97 Å². The number of benzene rings is 1. The average Bonchev–Trinajstić information content (AvgIpc) is 2.97. The van der Waals surface area contributed by atoms with Crippen LogP contribution in [0.4, 0.5) is 0 Å². The number of nitrogens with one attached hydrogen (secondary N) is 1. The fourth-order valence-electron chi connectivity index (χ4n) is 3.23. The molecule has 0 radical (unpaired) electrons. The maximum atomic E-state index is 12.4. The lowest BCUT2D eigenvalue weighted by Crippen LogP contribution is -2.46. The fraction of sp³-hybridized carbons (Fsp3) is 0.444. The largest absolute Gasteiger partial charge is 0.481 e. The number of carbonyl (C=O) groups is 2. The number of aryl methyl sites for hydroxylation is 2. The molecule has 1 atom stereocenters. The number of fused-ring (bicyclic) bond motifs is 1. The molecule has 1 saturated heterocycles. The number of carboxylic acid groups (broad SMARTS) is 1. The van der Waals surface area contributed by atoms with E-state index in [-0.39, 0.29) is 12.3 Å². The standard InChI is InChI=1S/C18H22N2O4/c1-12-3-2-4-15-13(10-19-18(12)15)5-6-16(21)20-7-8-24-14(11-20)9-17(22)23/h2-4,10,14,19H,5-9,11H2,1H3,(H,22,23). The monoisotopic (exact) mass is 330 g/mol. The van der Waals surface area contributed by atoms with Gasteiger partial charge in [0.2, 0.25) is 5.91 Å². The molecule has 1 fully saturated rings. The Hall–Kier alpha value is -2.34. The molecule has 1 unspecified atom stereocenters. The van der Waals surface area contributed by atoms with Crippen molar-refractivity contribution in [1.29, 1.82) is 0 Å². The summed E-state index contributed by atoms with van der Waals surface area (Å²) in [7, 11) is 0. The van der Waals surface area contributed by atoms with Crippen LogP contribution in [0.15, 0.2) is 24.4 Å². The van der Waals surface area contributed by atoms with Crippen molar-refractivity contribution >= 4 is 22.8 Å². The highest BCUT2D eigenvalue weighted by Gasteiger charge is 2.25. The molecule has 0 spiro atoms. The van der Waals surface area contributed by atoms with Gasteiger partial charge in [-0.25, -0.2) is 0 Å². The van der Waals surface area contributed by atoms with Crippen LogP contribution in [-0.4, -0.2) is 52.7 Å². The number of carbonyl (C=O) groups excluding carboxylic acids is 1. The Kier molecular flexibility index (Phi) is 4.85. The molecule has 2 heterocycles. The smallest absolute Gasteiger partial charge is 0.306 e. The van der Waals surface area contributed by atoms with Gasteiger partial charge < -0.3 is 19.7 Å². The Morgan fingerprint density at radius 2 is 2.25 bits per heavy atom. The maximum Gasteiger partial charge on any atom is 0.306 e. The maximum absolute atomic E-state index is 12.4. The van der Waals surface area contributed by atoms with Crippen LogP contribution in [0.3, 0.4) is 0 Å². The van der Waals surface area contributed by atoms with Gasteiger partial charge in [-0.05, 0) is 24.5 Å². The van der Waals surface area contributed by atoms with Gasteiger partial charge in [0, 0.05) is 36.6 Å². The summed E-state index contributed by atoms with van der Waals surface area (Å²) < 4.78 is 5.41. The quantitative estimate of drug-likeness (QED) is 0.879. The van der Waals surface area contributed by atoms with Crippen LogP contribution < -0.4 is 0 Å². The Bertz CT molecular complexity index is 753. The summed E-state index contributed by atoms with van der Waals surface area (Å²) in [4.78, 5) is 28.2. The molecule has 1 aromatic carbocycles. The number of morpholine rings is 1. The highest BCUT2D eigenvalue weighted by molar-refractivity contribution is 5.86. The molecule has 2 N–H and O–H groups in total. The number of aliphatic carboxylic acids is 1. The van der Waals surface area contributed by atoms with E-state index in [1.54, 1.807) is 4.90 Å². The van der Waals surface area contributed by atoms with E-state index < -0.39 is 12.1 Å². The highest BCUT2D eigenvalue weighted by atomic mass is 16.5. The average molecular weight is 330 g/mol. The number of nitrogens with zero attached hydrogens (tertiary/aromatic N) is 1. The van der Waals surface area contributed by atoms with Crippen LogP contribution in [0.2, 0.25) is 0 Å². The number of aromatic nitrogens is 1. The lowest BCUT2D eigenvalue weighted by molar-refractivity contribution is -0.147. The van der Waals surface area contributed by atoms with Crippen molar-refractivity contribution in [3.63, 3.8) is 0 Å². The third-order valence-corrected chi connectivity index (χ3v) is 4.51. The highest BCUT2D eigenvalue weighted by Crippen LogP contribution is 2.22. The number of aromatic amines is 1. The molecule has 1 aliphatic rings. The fourth-order valence-corrected chi connectivity index (χ4v) is 3.23. The number of carboxylic acids is 1. The van der Waals surface area contributed by atoms with E-state index in [1.807, 2.05) is 12.3 Å². The van der Waals surface area contributed by atoms with Crippen molar-refractivity contribution < 1.29 is 19.4 Å². The summed E-state index contributed by atoms with van der Waals surface area (Å²) in [6.07, 6.45) is 2.59.